The van der Waals surface area contributed by atoms with Crippen molar-refractivity contribution in [1.82, 2.24) is 21.3 Å². The molecule has 9 N–H and O–H groups in total. The second-order valence-electron chi connectivity index (χ2n) is 24.1. The second-order valence-corrected chi connectivity index (χ2v) is 24.1. The first kappa shape index (κ1) is 54.2. The Morgan fingerprint density at radius 1 is 0.947 bits per heavy atom. The van der Waals surface area contributed by atoms with Crippen molar-refractivity contribution in [2.45, 2.75) is 134 Å². The number of benzene rings is 3. The van der Waals surface area contributed by atoms with Crippen molar-refractivity contribution in [3.63, 3.8) is 0 Å². The van der Waals surface area contributed by atoms with E-state index in [9.17, 15) is 24.9 Å². The summed E-state index contributed by atoms with van der Waals surface area (Å²) in [5.41, 5.74) is 14.1. The molecule has 11 atom stereocenters. The highest BCUT2D eigenvalue weighted by atomic mass is 16.5. The van der Waals surface area contributed by atoms with Gasteiger partial charge in [0.25, 0.3) is 0 Å². The van der Waals surface area contributed by atoms with Gasteiger partial charge in [-0.25, -0.2) is 0 Å². The molecule has 11 unspecified atom stereocenters. The highest BCUT2D eigenvalue weighted by molar-refractivity contribution is 6.08. The van der Waals surface area contributed by atoms with Crippen molar-refractivity contribution in [3.05, 3.63) is 148 Å². The molecule has 0 aromatic heterocycles. The van der Waals surface area contributed by atoms with E-state index in [-0.39, 0.29) is 52.4 Å². The van der Waals surface area contributed by atoms with E-state index in [1.54, 1.807) is 12.1 Å². The molecule has 3 aromatic rings. The molecule has 11 heteroatoms. The van der Waals surface area contributed by atoms with Crippen LogP contribution in [-0.4, -0.2) is 91.1 Å². The number of carbonyl (C=O) groups excluding carboxylic acids is 2. The number of aliphatic hydroxyl groups excluding tert-OH is 2. The predicted octanol–water partition coefficient (Wildman–Crippen LogP) is 8.62. The van der Waals surface area contributed by atoms with E-state index in [1.807, 2.05) is 25.3 Å². The van der Waals surface area contributed by atoms with Gasteiger partial charge in [-0.1, -0.05) is 91.7 Å². The van der Waals surface area contributed by atoms with Crippen molar-refractivity contribution >= 4 is 17.1 Å². The summed E-state index contributed by atoms with van der Waals surface area (Å²) in [6.07, 6.45) is 28.6. The summed E-state index contributed by atoms with van der Waals surface area (Å²) in [6, 6.07) is 23.4. The quantitative estimate of drug-likeness (QED) is 0.0291. The van der Waals surface area contributed by atoms with E-state index < -0.39 is 12.7 Å². The van der Waals surface area contributed by atoms with Crippen LogP contribution in [0.1, 0.15) is 112 Å². The number of nitrogens with two attached hydrogens (primary N) is 1. The zero-order valence-corrected chi connectivity index (χ0v) is 45.2. The lowest BCUT2D eigenvalue weighted by atomic mass is 9.53. The van der Waals surface area contributed by atoms with Crippen LogP contribution in [0.3, 0.4) is 0 Å². The minimum absolute atomic E-state index is 0.00928. The topological polar surface area (TPSA) is 178 Å². The molecular weight excluding hydrogens is 947 g/mol. The van der Waals surface area contributed by atoms with E-state index in [4.69, 9.17) is 10.5 Å². The smallest absolute Gasteiger partial charge is 0.163 e. The van der Waals surface area contributed by atoms with Crippen LogP contribution in [0.2, 0.25) is 0 Å². The number of rotatable bonds is 21. The van der Waals surface area contributed by atoms with Gasteiger partial charge < -0.3 is 47.1 Å². The predicted molar refractivity (Wildman–Crippen MR) is 302 cm³/mol. The van der Waals surface area contributed by atoms with Gasteiger partial charge in [0.1, 0.15) is 5.78 Å². The van der Waals surface area contributed by atoms with Gasteiger partial charge in [0.05, 0.1) is 32.4 Å². The van der Waals surface area contributed by atoms with E-state index >= 15 is 0 Å². The van der Waals surface area contributed by atoms with E-state index in [0.29, 0.717) is 77.8 Å². The Morgan fingerprint density at radius 2 is 1.72 bits per heavy atom. The van der Waals surface area contributed by atoms with Gasteiger partial charge in [0, 0.05) is 37.8 Å². The Kier molecular flexibility index (Phi) is 17.3. The van der Waals surface area contributed by atoms with Crippen LogP contribution in [0, 0.1) is 46.3 Å². The fourth-order valence-electron chi connectivity index (χ4n) is 15.9. The van der Waals surface area contributed by atoms with E-state index in [2.05, 4.69) is 94.1 Å². The van der Waals surface area contributed by atoms with Gasteiger partial charge in [-0.2, -0.15) is 0 Å². The van der Waals surface area contributed by atoms with Crippen LogP contribution in [0.5, 0.6) is 11.5 Å². The maximum absolute atomic E-state index is 14.3. The number of phenolic OH excluding ortho intramolecular Hbond substituents is 1. The highest BCUT2D eigenvalue weighted by Gasteiger charge is 2.64. The number of carbonyl (C=O) groups is 2. The number of ether oxygens (including phenoxy) is 1. The minimum Gasteiger partial charge on any atom is -0.504 e. The zero-order valence-electron chi connectivity index (χ0n) is 45.2. The molecule has 1 spiro atoms. The Hall–Kier alpha value is -5.14. The summed E-state index contributed by atoms with van der Waals surface area (Å²) >= 11 is 0. The number of nitrogens with one attached hydrogen (secondary N) is 4. The first-order chi connectivity index (χ1) is 36.9. The molecule has 1 saturated heterocycles. The number of methoxy groups -OCH3 is 1. The van der Waals surface area contributed by atoms with Gasteiger partial charge >= 0.3 is 0 Å². The lowest BCUT2D eigenvalue weighted by molar-refractivity contribution is -0.125. The molecule has 3 aromatic carbocycles. The average molecular weight is 1030 g/mol. The molecule has 4 fully saturated rings. The van der Waals surface area contributed by atoms with Crippen LogP contribution in [0.15, 0.2) is 121 Å². The van der Waals surface area contributed by atoms with Crippen LogP contribution in [0.4, 0.5) is 0 Å². The molecule has 406 valence electrons. The number of allylic oxidation sites excluding steroid dienone is 5. The molecule has 3 heterocycles. The summed E-state index contributed by atoms with van der Waals surface area (Å²) in [7, 11) is 1.48. The van der Waals surface area contributed by atoms with Crippen LogP contribution < -0.4 is 31.7 Å². The fourth-order valence-corrected chi connectivity index (χ4v) is 15.9. The number of phenols is 1. The summed E-state index contributed by atoms with van der Waals surface area (Å²) in [6.45, 7) is 5.09. The molecule has 4 aliphatic carbocycles. The Labute approximate surface area is 452 Å². The first-order valence-electron chi connectivity index (χ1n) is 28.9. The number of hydrogen-bond acceptors (Lipinski definition) is 11. The van der Waals surface area contributed by atoms with E-state index in [1.165, 1.54) is 68.4 Å². The summed E-state index contributed by atoms with van der Waals surface area (Å²) in [4.78, 5) is 28.4. The van der Waals surface area contributed by atoms with Crippen molar-refractivity contribution in [1.29, 1.82) is 0 Å². The molecule has 11 nitrogen and oxygen atoms in total. The third-order valence-electron chi connectivity index (χ3n) is 19.2. The normalized spacial score (nSPS) is 29.9. The molecule has 0 radical (unpaired) electrons. The lowest BCUT2D eigenvalue weighted by Crippen LogP contribution is -2.57. The summed E-state index contributed by atoms with van der Waals surface area (Å²) in [5, 5.41) is 47.6. The molecule has 0 bridgehead atoms. The summed E-state index contributed by atoms with van der Waals surface area (Å²) in [5.74, 6) is 2.52. The van der Waals surface area contributed by atoms with E-state index in [0.717, 1.165) is 75.7 Å². The molecule has 0 amide bonds. The van der Waals surface area contributed by atoms with Crippen molar-refractivity contribution < 1.29 is 29.6 Å². The number of aliphatic hydroxyl groups is 2. The van der Waals surface area contributed by atoms with Crippen LogP contribution >= 0.6 is 0 Å². The van der Waals surface area contributed by atoms with Crippen molar-refractivity contribution in [2.24, 2.45) is 52.1 Å². The monoisotopic (exact) mass is 1030 g/mol. The molecule has 10 rings (SSSR count). The Bertz CT molecular complexity index is 2690. The SMILES string of the molecule is COc1cc(C(=CC(=O)CC(=O)CC2C=CC3C(CC4C5CCNCC5CC5C=CCNC54)(C2)CC(NCC(C)O)C32CCCC2)CO)c(CC2=CNC(N)C=C2CCc2cccc(CCc3ccccc3)c2)cc1O. The average Bonchev–Trinajstić information content (AvgIpc) is 4.10. The first-order valence-corrected chi connectivity index (χ1v) is 28.9. The summed E-state index contributed by atoms with van der Waals surface area (Å²) < 4.78 is 5.57. The van der Waals surface area contributed by atoms with Crippen LogP contribution in [-0.2, 0) is 35.3 Å². The molecular formula is C65H85N5O6. The Balaban J connectivity index is 0.849. The highest BCUT2D eigenvalue weighted by Crippen LogP contribution is 2.68. The van der Waals surface area contributed by atoms with Gasteiger partial charge in [-0.3, -0.25) is 9.59 Å². The standard InChI is InChI=1S/C65H85N5O6/c1-42(72)38-69-61-37-64(36-57-55-21-25-67-39-51(55)28-48-14-9-24-68-63(48)57)35-46(18-20-60(64)65(61)22-6-7-23-65)27-53(73)33-54(74)30-52(41-71)56-34-59(76-2)58(75)31-49(56)29-50-40-70-62(66)32-47(50)19-17-45-13-8-12-44(26-45)16-15-43-10-4-3-5-11-43/h3-5,8-14,18,20,26,30-32,34,40,42,46,48,51,55,57,60-63,67-72,75H,6-7,15-17,19,21-25,27-29,33,35-39,41,66H2,1-2H3. The number of hydrogen-bond donors (Lipinski definition) is 8. The lowest BCUT2D eigenvalue weighted by Gasteiger charge is -2.54. The maximum atomic E-state index is 14.3. The number of aryl methyl sites for hydroxylation is 3. The van der Waals surface area contributed by atoms with Gasteiger partial charge in [-0.05, 0) is 212 Å². The number of fused-ring (bicyclic) bond motifs is 4. The molecule has 7 aliphatic rings. The number of Topliss-reactive ketones (excluding diaryl/α,β-unsaturated/α-hetero) is 1. The molecule has 3 saturated carbocycles. The molecule has 3 aliphatic heterocycles. The number of aromatic hydroxyl groups is 1. The van der Waals surface area contributed by atoms with Gasteiger partial charge in [-0.15, -0.1) is 0 Å². The van der Waals surface area contributed by atoms with Crippen LogP contribution in [0.25, 0.3) is 5.57 Å². The maximum Gasteiger partial charge on any atom is 0.163 e. The third-order valence-corrected chi connectivity index (χ3v) is 19.2. The zero-order chi connectivity index (χ0) is 52.8. The third kappa shape index (κ3) is 12.1. The van der Waals surface area contributed by atoms with Gasteiger partial charge in [0.2, 0.25) is 0 Å². The Morgan fingerprint density at radius 3 is 2.50 bits per heavy atom. The number of piperidine rings is 1. The number of ketones is 2. The van der Waals surface area contributed by atoms with Gasteiger partial charge in [0.15, 0.2) is 17.3 Å². The minimum atomic E-state index is -0.445. The largest absolute Gasteiger partial charge is 0.504 e. The van der Waals surface area contributed by atoms with Crippen molar-refractivity contribution in [3.8, 4) is 11.5 Å². The molecule has 76 heavy (non-hydrogen) atoms. The number of dihydropyridines is 1. The fraction of sp³-hybridized carbons (Fsp3) is 0.538. The van der Waals surface area contributed by atoms with Crippen molar-refractivity contribution in [2.75, 3.05) is 39.9 Å². The second kappa shape index (κ2) is 24.3.